The highest BCUT2D eigenvalue weighted by molar-refractivity contribution is 5.44. The zero-order chi connectivity index (χ0) is 12.8. The molecule has 2 heterocycles. The molecule has 0 atom stereocenters. The summed E-state index contributed by atoms with van der Waals surface area (Å²) >= 11 is 0. The minimum Gasteiger partial charge on any atom is -0.380 e. The van der Waals surface area contributed by atoms with Crippen molar-refractivity contribution in [1.82, 2.24) is 19.6 Å². The summed E-state index contributed by atoms with van der Waals surface area (Å²) in [6.45, 7) is 4.63. The van der Waals surface area contributed by atoms with E-state index < -0.39 is 0 Å². The van der Waals surface area contributed by atoms with Gasteiger partial charge in [-0.2, -0.15) is 14.6 Å². The Balaban J connectivity index is 1.89. The first-order chi connectivity index (χ1) is 8.81. The first kappa shape index (κ1) is 12.7. The minimum atomic E-state index is 0.566. The van der Waals surface area contributed by atoms with Crippen LogP contribution in [-0.4, -0.2) is 45.9 Å². The second-order valence-electron chi connectivity index (χ2n) is 3.94. The molecule has 18 heavy (non-hydrogen) atoms. The average molecular weight is 250 g/mol. The number of hydrogen-bond acceptors (Lipinski definition) is 6. The van der Waals surface area contributed by atoms with Gasteiger partial charge in [0.25, 0.3) is 5.78 Å². The van der Waals surface area contributed by atoms with Gasteiger partial charge in [-0.1, -0.05) is 0 Å². The molecular weight excluding hydrogens is 232 g/mol. The van der Waals surface area contributed by atoms with Crippen molar-refractivity contribution in [3.05, 3.63) is 18.1 Å². The third kappa shape index (κ3) is 3.14. The molecule has 0 aromatic carbocycles. The zero-order valence-electron chi connectivity index (χ0n) is 10.5. The summed E-state index contributed by atoms with van der Waals surface area (Å²) in [6, 6.07) is 1.95. The molecule has 0 radical (unpaired) electrons. The van der Waals surface area contributed by atoms with Crippen LogP contribution in [-0.2, 0) is 4.74 Å². The van der Waals surface area contributed by atoms with Gasteiger partial charge in [0.15, 0.2) is 0 Å². The van der Waals surface area contributed by atoms with E-state index in [1.54, 1.807) is 4.52 Å². The van der Waals surface area contributed by atoms with E-state index in [9.17, 15) is 0 Å². The van der Waals surface area contributed by atoms with E-state index in [4.69, 9.17) is 10.5 Å². The fourth-order valence-electron chi connectivity index (χ4n) is 1.63. The van der Waals surface area contributed by atoms with Crippen molar-refractivity contribution < 1.29 is 4.74 Å². The number of aryl methyl sites for hydroxylation is 1. The second kappa shape index (κ2) is 6.27. The molecule has 0 amide bonds. The molecule has 0 fully saturated rings. The lowest BCUT2D eigenvalue weighted by molar-refractivity contribution is 0.141. The second-order valence-corrected chi connectivity index (χ2v) is 3.94. The summed E-state index contributed by atoms with van der Waals surface area (Å²) in [5.41, 5.74) is 6.25. The predicted octanol–water partition coefficient (Wildman–Crippen LogP) is 0.210. The van der Waals surface area contributed by atoms with Gasteiger partial charge in [0.05, 0.1) is 6.61 Å². The molecule has 2 rings (SSSR count). The fraction of sp³-hybridized carbons (Fsp3) is 0.545. The minimum absolute atomic E-state index is 0.566. The zero-order valence-corrected chi connectivity index (χ0v) is 10.5. The van der Waals surface area contributed by atoms with Gasteiger partial charge in [0.2, 0.25) is 0 Å². The van der Waals surface area contributed by atoms with Crippen molar-refractivity contribution in [2.75, 3.05) is 31.6 Å². The molecule has 98 valence electrons. The largest absolute Gasteiger partial charge is 0.380 e. The summed E-state index contributed by atoms with van der Waals surface area (Å²) in [7, 11) is 0. The van der Waals surface area contributed by atoms with E-state index in [0.717, 1.165) is 24.5 Å². The fourth-order valence-corrected chi connectivity index (χ4v) is 1.63. The maximum absolute atomic E-state index is 5.34. The van der Waals surface area contributed by atoms with Crippen LogP contribution in [0.5, 0.6) is 0 Å². The number of nitrogens with one attached hydrogen (secondary N) is 1. The molecule has 0 aliphatic rings. The van der Waals surface area contributed by atoms with Crippen LogP contribution in [0.2, 0.25) is 0 Å². The van der Waals surface area contributed by atoms with E-state index in [0.29, 0.717) is 25.5 Å². The Labute approximate surface area is 105 Å². The third-order valence-electron chi connectivity index (χ3n) is 2.41. The third-order valence-corrected chi connectivity index (χ3v) is 2.41. The number of aromatic nitrogens is 4. The maximum atomic E-state index is 5.34. The van der Waals surface area contributed by atoms with Gasteiger partial charge in [-0.05, 0) is 13.3 Å². The first-order valence-corrected chi connectivity index (χ1v) is 6.00. The molecule has 0 aliphatic carbocycles. The molecule has 0 unspecified atom stereocenters. The Hall–Kier alpha value is -1.73. The summed E-state index contributed by atoms with van der Waals surface area (Å²) < 4.78 is 6.99. The van der Waals surface area contributed by atoms with Crippen molar-refractivity contribution in [1.29, 1.82) is 0 Å². The van der Waals surface area contributed by atoms with E-state index in [1.165, 1.54) is 6.33 Å². The van der Waals surface area contributed by atoms with Gasteiger partial charge in [-0.3, -0.25) is 0 Å². The van der Waals surface area contributed by atoms with E-state index in [1.807, 2.05) is 13.0 Å². The Morgan fingerprint density at radius 1 is 1.44 bits per heavy atom. The van der Waals surface area contributed by atoms with Gasteiger partial charge in [0.1, 0.15) is 12.1 Å². The molecule has 0 saturated carbocycles. The van der Waals surface area contributed by atoms with Gasteiger partial charge >= 0.3 is 0 Å². The van der Waals surface area contributed by atoms with Crippen LogP contribution in [0.15, 0.2) is 12.4 Å². The smallest absolute Gasteiger partial charge is 0.254 e. The normalized spacial score (nSPS) is 11.0. The molecule has 3 N–H and O–H groups in total. The number of nitrogens with zero attached hydrogens (tertiary/aromatic N) is 4. The maximum Gasteiger partial charge on any atom is 0.254 e. The molecule has 0 aliphatic heterocycles. The summed E-state index contributed by atoms with van der Waals surface area (Å²) in [6.07, 6.45) is 2.41. The van der Waals surface area contributed by atoms with Crippen LogP contribution in [0.3, 0.4) is 0 Å². The summed E-state index contributed by atoms with van der Waals surface area (Å²) in [4.78, 5) is 8.35. The van der Waals surface area contributed by atoms with Gasteiger partial charge in [0, 0.05) is 31.5 Å². The number of rotatable bonds is 7. The molecule has 2 aromatic heterocycles. The number of hydrogen-bond donors (Lipinski definition) is 2. The highest BCUT2D eigenvalue weighted by Gasteiger charge is 2.04. The molecule has 2 aromatic rings. The highest BCUT2D eigenvalue weighted by Crippen LogP contribution is 2.09. The molecular formula is C11H18N6O. The standard InChI is InChI=1S/C11H18N6O/c1-9-7-10(13-4-2-5-18-6-3-12)17-11(16-9)14-8-15-17/h7-8,13H,2-6,12H2,1H3. The topological polar surface area (TPSA) is 90.4 Å². The van der Waals surface area contributed by atoms with Gasteiger partial charge < -0.3 is 15.8 Å². The first-order valence-electron chi connectivity index (χ1n) is 6.00. The van der Waals surface area contributed by atoms with Crippen LogP contribution < -0.4 is 11.1 Å². The molecule has 7 heteroatoms. The Morgan fingerprint density at radius 3 is 3.17 bits per heavy atom. The Morgan fingerprint density at radius 2 is 2.33 bits per heavy atom. The van der Waals surface area contributed by atoms with Crippen molar-refractivity contribution in [2.24, 2.45) is 5.73 Å². The average Bonchev–Trinajstić information content (AvgIpc) is 2.81. The lowest BCUT2D eigenvalue weighted by Gasteiger charge is -2.08. The number of nitrogens with two attached hydrogens (primary N) is 1. The molecule has 0 spiro atoms. The van der Waals surface area contributed by atoms with E-state index in [-0.39, 0.29) is 0 Å². The van der Waals surface area contributed by atoms with Gasteiger partial charge in [-0.15, -0.1) is 0 Å². The van der Waals surface area contributed by atoms with Crippen LogP contribution in [0.25, 0.3) is 5.78 Å². The van der Waals surface area contributed by atoms with Gasteiger partial charge in [-0.25, -0.2) is 4.98 Å². The van der Waals surface area contributed by atoms with Crippen LogP contribution in [0, 0.1) is 6.92 Å². The van der Waals surface area contributed by atoms with Crippen LogP contribution in [0.4, 0.5) is 5.82 Å². The van der Waals surface area contributed by atoms with Crippen molar-refractivity contribution in [3.63, 3.8) is 0 Å². The summed E-state index contributed by atoms with van der Waals surface area (Å²) in [5, 5.41) is 7.42. The van der Waals surface area contributed by atoms with Crippen LogP contribution in [0.1, 0.15) is 12.1 Å². The lowest BCUT2D eigenvalue weighted by Crippen LogP contribution is -2.13. The molecule has 0 saturated heterocycles. The number of anilines is 1. The molecule has 0 bridgehead atoms. The lowest BCUT2D eigenvalue weighted by atomic mass is 10.4. The van der Waals surface area contributed by atoms with Crippen LogP contribution >= 0.6 is 0 Å². The highest BCUT2D eigenvalue weighted by atomic mass is 16.5. The van der Waals surface area contributed by atoms with Crippen molar-refractivity contribution in [3.8, 4) is 0 Å². The Bertz CT molecular complexity index is 497. The SMILES string of the molecule is Cc1cc(NCCCOCCN)n2ncnc2n1. The van der Waals surface area contributed by atoms with Crippen molar-refractivity contribution in [2.45, 2.75) is 13.3 Å². The number of ether oxygens (including phenoxy) is 1. The Kier molecular flexibility index (Phi) is 4.43. The van der Waals surface area contributed by atoms with E-state index >= 15 is 0 Å². The van der Waals surface area contributed by atoms with Crippen molar-refractivity contribution >= 4 is 11.6 Å². The summed E-state index contributed by atoms with van der Waals surface area (Å²) in [5.74, 6) is 1.51. The monoisotopic (exact) mass is 250 g/mol. The number of fused-ring (bicyclic) bond motifs is 1. The quantitative estimate of drug-likeness (QED) is 0.683. The predicted molar refractivity (Wildman–Crippen MR) is 68.5 cm³/mol. The molecule has 7 nitrogen and oxygen atoms in total. The van der Waals surface area contributed by atoms with E-state index in [2.05, 4.69) is 20.4 Å².